The fraction of sp³-hybridized carbons (Fsp3) is 0.300. The van der Waals surface area contributed by atoms with Crippen molar-refractivity contribution in [1.29, 1.82) is 0 Å². The van der Waals surface area contributed by atoms with E-state index in [1.165, 1.54) is 18.7 Å². The van der Waals surface area contributed by atoms with Crippen molar-refractivity contribution in [3.8, 4) is 11.5 Å². The van der Waals surface area contributed by atoms with Crippen molar-refractivity contribution in [3.63, 3.8) is 0 Å². The highest BCUT2D eigenvalue weighted by atomic mass is 32.2. The highest BCUT2D eigenvalue weighted by Gasteiger charge is 2.10. The van der Waals surface area contributed by atoms with Crippen molar-refractivity contribution in [2.45, 2.75) is 19.6 Å². The second kappa shape index (κ2) is 9.87. The summed E-state index contributed by atoms with van der Waals surface area (Å²) in [5.41, 5.74) is 2.19. The molecular weight excluding hydrogens is 350 g/mol. The summed E-state index contributed by atoms with van der Waals surface area (Å²) in [6.45, 7) is 3.97. The first-order valence-electron chi connectivity index (χ1n) is 8.32. The number of benzene rings is 2. The highest BCUT2D eigenvalue weighted by Crippen LogP contribution is 2.26. The molecule has 1 N–H and O–H groups in total. The summed E-state index contributed by atoms with van der Waals surface area (Å²) in [7, 11) is 1.59. The summed E-state index contributed by atoms with van der Waals surface area (Å²) in [6.07, 6.45) is 0. The topological polar surface area (TPSA) is 64.6 Å². The number of carbonyl (C=O) groups excluding carboxylic acids is 2. The summed E-state index contributed by atoms with van der Waals surface area (Å²) >= 11 is 1.46. The van der Waals surface area contributed by atoms with Crippen molar-refractivity contribution >= 4 is 29.1 Å². The van der Waals surface area contributed by atoms with Gasteiger partial charge in [0.15, 0.2) is 5.78 Å². The molecule has 0 bridgehead atoms. The van der Waals surface area contributed by atoms with E-state index in [4.69, 9.17) is 9.47 Å². The Labute approximate surface area is 158 Å². The number of para-hydroxylation sites is 2. The van der Waals surface area contributed by atoms with Gasteiger partial charge in [-0.15, -0.1) is 11.8 Å². The molecule has 6 heteroatoms. The lowest BCUT2D eigenvalue weighted by molar-refractivity contribution is -0.113. The quantitative estimate of drug-likeness (QED) is 0.669. The molecule has 0 heterocycles. The summed E-state index contributed by atoms with van der Waals surface area (Å²) in [4.78, 5) is 23.8. The number of hydrogen-bond acceptors (Lipinski definition) is 5. The minimum absolute atomic E-state index is 0.00387. The molecule has 1 amide bonds. The minimum atomic E-state index is -0.108. The number of thioether (sulfide) groups is 1. The number of Topliss-reactive ketones (excluding diaryl/α,β-unsaturated/α-hetero) is 1. The van der Waals surface area contributed by atoms with Crippen LogP contribution in [-0.4, -0.2) is 31.2 Å². The maximum atomic E-state index is 12.2. The Bertz CT molecular complexity index is 776. The molecule has 0 saturated heterocycles. The summed E-state index contributed by atoms with van der Waals surface area (Å²) in [5.74, 6) is 2.13. The Kier molecular flexibility index (Phi) is 7.53. The Hall–Kier alpha value is -2.47. The third kappa shape index (κ3) is 5.52. The van der Waals surface area contributed by atoms with E-state index in [0.29, 0.717) is 35.1 Å². The summed E-state index contributed by atoms with van der Waals surface area (Å²) in [6, 6.07) is 12.7. The molecule has 0 aromatic heterocycles. The van der Waals surface area contributed by atoms with Gasteiger partial charge < -0.3 is 14.8 Å². The SMILES string of the molecule is CCOc1ccccc1NC(=O)CSCc1cc(C(C)=O)ccc1OC. The number of methoxy groups -OCH3 is 1. The smallest absolute Gasteiger partial charge is 0.234 e. The highest BCUT2D eigenvalue weighted by molar-refractivity contribution is 7.99. The standard InChI is InChI=1S/C20H23NO4S/c1-4-25-19-8-6-5-7-17(19)21-20(23)13-26-12-16-11-15(14(2)22)9-10-18(16)24-3/h5-11H,4,12-13H2,1-3H3,(H,21,23). The van der Waals surface area contributed by atoms with Crippen LogP contribution in [0.1, 0.15) is 29.8 Å². The van der Waals surface area contributed by atoms with Gasteiger partial charge >= 0.3 is 0 Å². The van der Waals surface area contributed by atoms with Crippen molar-refractivity contribution in [2.24, 2.45) is 0 Å². The largest absolute Gasteiger partial charge is 0.496 e. The van der Waals surface area contributed by atoms with Gasteiger partial charge in [-0.25, -0.2) is 0 Å². The molecule has 26 heavy (non-hydrogen) atoms. The van der Waals surface area contributed by atoms with Crippen LogP contribution >= 0.6 is 11.8 Å². The van der Waals surface area contributed by atoms with Gasteiger partial charge in [-0.2, -0.15) is 0 Å². The number of rotatable bonds is 9. The molecule has 138 valence electrons. The molecule has 2 rings (SSSR count). The molecule has 5 nitrogen and oxygen atoms in total. The molecule has 0 fully saturated rings. The van der Waals surface area contributed by atoms with Crippen molar-refractivity contribution < 1.29 is 19.1 Å². The van der Waals surface area contributed by atoms with Gasteiger partial charge in [0.05, 0.1) is 25.2 Å². The third-order valence-corrected chi connectivity index (χ3v) is 4.62. The second-order valence-corrected chi connectivity index (χ2v) is 6.54. The lowest BCUT2D eigenvalue weighted by Crippen LogP contribution is -2.15. The molecule has 0 spiro atoms. The number of carbonyl (C=O) groups is 2. The van der Waals surface area contributed by atoms with E-state index in [2.05, 4.69) is 5.32 Å². The van der Waals surface area contributed by atoms with Crippen LogP contribution in [0.3, 0.4) is 0 Å². The van der Waals surface area contributed by atoms with Gasteiger partial charge in [-0.3, -0.25) is 9.59 Å². The molecular formula is C20H23NO4S. The molecule has 0 saturated carbocycles. The molecule has 0 unspecified atom stereocenters. The molecule has 0 aliphatic rings. The van der Waals surface area contributed by atoms with Crippen LogP contribution in [0, 0.1) is 0 Å². The molecule has 0 radical (unpaired) electrons. The molecule has 0 aliphatic carbocycles. The maximum absolute atomic E-state index is 12.2. The van der Waals surface area contributed by atoms with Gasteiger partial charge in [0.25, 0.3) is 0 Å². The molecule has 2 aromatic rings. The average molecular weight is 373 g/mol. The fourth-order valence-electron chi connectivity index (χ4n) is 2.40. The monoisotopic (exact) mass is 373 g/mol. The average Bonchev–Trinajstić information content (AvgIpc) is 2.63. The Balaban J connectivity index is 1.94. The van der Waals surface area contributed by atoms with Crippen LogP contribution in [0.5, 0.6) is 11.5 Å². The number of hydrogen-bond donors (Lipinski definition) is 1. The lowest BCUT2D eigenvalue weighted by Gasteiger charge is -2.12. The van der Waals surface area contributed by atoms with Gasteiger partial charge in [-0.05, 0) is 44.2 Å². The van der Waals surface area contributed by atoms with Crippen LogP contribution in [-0.2, 0) is 10.5 Å². The Morgan fingerprint density at radius 2 is 1.88 bits per heavy atom. The number of ether oxygens (including phenoxy) is 2. The van der Waals surface area contributed by atoms with Gasteiger partial charge in [0, 0.05) is 16.9 Å². The maximum Gasteiger partial charge on any atom is 0.234 e. The van der Waals surface area contributed by atoms with E-state index in [9.17, 15) is 9.59 Å². The zero-order valence-corrected chi connectivity index (χ0v) is 16.0. The van der Waals surface area contributed by atoms with Gasteiger partial charge in [0.2, 0.25) is 5.91 Å². The van der Waals surface area contributed by atoms with E-state index in [0.717, 1.165) is 5.56 Å². The van der Waals surface area contributed by atoms with E-state index < -0.39 is 0 Å². The summed E-state index contributed by atoms with van der Waals surface area (Å²) < 4.78 is 10.8. The Morgan fingerprint density at radius 1 is 1.12 bits per heavy atom. The normalized spacial score (nSPS) is 10.3. The van der Waals surface area contributed by atoms with Crippen molar-refractivity contribution in [1.82, 2.24) is 0 Å². The zero-order valence-electron chi connectivity index (χ0n) is 15.2. The first kappa shape index (κ1) is 19.8. The molecule has 0 aliphatic heterocycles. The van der Waals surface area contributed by atoms with Gasteiger partial charge in [-0.1, -0.05) is 12.1 Å². The minimum Gasteiger partial charge on any atom is -0.496 e. The van der Waals surface area contributed by atoms with E-state index in [-0.39, 0.29) is 17.4 Å². The number of amides is 1. The van der Waals surface area contributed by atoms with Crippen LogP contribution in [0.25, 0.3) is 0 Å². The van der Waals surface area contributed by atoms with Crippen LogP contribution in [0.4, 0.5) is 5.69 Å². The fourth-order valence-corrected chi connectivity index (χ4v) is 3.21. The second-order valence-electron chi connectivity index (χ2n) is 5.55. The summed E-state index contributed by atoms with van der Waals surface area (Å²) in [5, 5.41) is 2.87. The predicted molar refractivity (Wildman–Crippen MR) is 105 cm³/mol. The first-order valence-corrected chi connectivity index (χ1v) is 9.48. The lowest BCUT2D eigenvalue weighted by atomic mass is 10.1. The van der Waals surface area contributed by atoms with Crippen LogP contribution in [0.2, 0.25) is 0 Å². The van der Waals surface area contributed by atoms with Gasteiger partial charge in [0.1, 0.15) is 11.5 Å². The van der Waals surface area contributed by atoms with E-state index in [1.807, 2.05) is 37.3 Å². The van der Waals surface area contributed by atoms with Crippen LogP contribution < -0.4 is 14.8 Å². The number of ketones is 1. The number of nitrogens with one attached hydrogen (secondary N) is 1. The van der Waals surface area contributed by atoms with E-state index in [1.54, 1.807) is 19.2 Å². The van der Waals surface area contributed by atoms with Crippen molar-refractivity contribution in [3.05, 3.63) is 53.6 Å². The molecule has 2 aromatic carbocycles. The molecule has 0 atom stereocenters. The first-order chi connectivity index (χ1) is 12.5. The zero-order chi connectivity index (χ0) is 18.9. The predicted octanol–water partition coefficient (Wildman–Crippen LogP) is 4.17. The third-order valence-electron chi connectivity index (χ3n) is 3.64. The van der Waals surface area contributed by atoms with Crippen molar-refractivity contribution in [2.75, 3.05) is 24.8 Å². The Morgan fingerprint density at radius 3 is 2.58 bits per heavy atom. The van der Waals surface area contributed by atoms with E-state index >= 15 is 0 Å². The number of anilines is 1. The van der Waals surface area contributed by atoms with Crippen LogP contribution in [0.15, 0.2) is 42.5 Å².